The van der Waals surface area contributed by atoms with Gasteiger partial charge in [-0.2, -0.15) is 0 Å². The lowest BCUT2D eigenvalue weighted by Crippen LogP contribution is -2.34. The highest BCUT2D eigenvalue weighted by molar-refractivity contribution is 5.95. The molecule has 0 radical (unpaired) electrons. The van der Waals surface area contributed by atoms with Gasteiger partial charge in [-0.05, 0) is 67.8 Å². The van der Waals surface area contributed by atoms with Gasteiger partial charge in [0, 0.05) is 5.56 Å². The van der Waals surface area contributed by atoms with Gasteiger partial charge in [-0.1, -0.05) is 170 Å². The van der Waals surface area contributed by atoms with Crippen molar-refractivity contribution in [2.75, 3.05) is 0 Å². The van der Waals surface area contributed by atoms with Crippen LogP contribution < -0.4 is 0 Å². The van der Waals surface area contributed by atoms with Crippen LogP contribution in [0.5, 0.6) is 0 Å². The second-order valence-electron chi connectivity index (χ2n) is 13.3. The molecule has 0 saturated heterocycles. The van der Waals surface area contributed by atoms with Gasteiger partial charge in [-0.3, -0.25) is 0 Å². The number of nitrogens with zero attached hydrogens (tertiary/aromatic N) is 3. The molecule has 0 spiro atoms. The van der Waals surface area contributed by atoms with Crippen LogP contribution in [0.3, 0.4) is 0 Å². The molecule has 3 nitrogen and oxygen atoms in total. The minimum atomic E-state index is -0.764. The Morgan fingerprint density at radius 1 is 0.367 bits per heavy atom. The van der Waals surface area contributed by atoms with Crippen LogP contribution in [-0.2, 0) is 10.8 Å². The topological polar surface area (TPSA) is 38.7 Å². The molecule has 0 aliphatic heterocycles. The van der Waals surface area contributed by atoms with E-state index in [1.54, 1.807) is 0 Å². The summed E-state index contributed by atoms with van der Waals surface area (Å²) in [5.74, 6) is 2.15. The van der Waals surface area contributed by atoms with E-state index in [1.807, 2.05) is 0 Å². The van der Waals surface area contributed by atoms with E-state index in [0.29, 0.717) is 5.82 Å². The van der Waals surface area contributed by atoms with Crippen molar-refractivity contribution in [3.63, 3.8) is 0 Å². The summed E-state index contributed by atoms with van der Waals surface area (Å²) in [6.45, 7) is 2.29. The summed E-state index contributed by atoms with van der Waals surface area (Å²) in [6, 6.07) is 60.6. The van der Waals surface area contributed by atoms with E-state index < -0.39 is 10.8 Å². The fourth-order valence-electron chi connectivity index (χ4n) is 8.61. The number of hydrogen-bond acceptors (Lipinski definition) is 3. The van der Waals surface area contributed by atoms with Crippen LogP contribution >= 0.6 is 0 Å². The maximum absolute atomic E-state index is 5.70. The van der Waals surface area contributed by atoms with Crippen molar-refractivity contribution in [2.45, 2.75) is 17.8 Å². The Bertz CT molecular complexity index is 2490. The molecule has 2 aliphatic rings. The summed E-state index contributed by atoms with van der Waals surface area (Å²) < 4.78 is 0. The SMILES string of the molecule is CC1(c2nc(-c3cccc4ccccc34)nc(C3(c4ccccc4)c4ccccc4-c4ccccc43)n2)c2ccccc2-c2ccccc21. The van der Waals surface area contributed by atoms with E-state index in [1.165, 1.54) is 44.5 Å². The standard InChI is InChI=1S/C46H31N3/c1-45(38-26-11-7-21-33(38)34-22-8-12-27-39(34)45)43-47-42(37-25-15-17-30-16-5-6-20-32(30)37)48-44(49-43)46(31-18-3-2-4-19-31)40-28-13-9-23-35(40)36-24-10-14-29-41(36)46/h2-29H,1H3. The molecule has 7 aromatic carbocycles. The van der Waals surface area contributed by atoms with Crippen molar-refractivity contribution >= 4 is 10.8 Å². The maximum Gasteiger partial charge on any atom is 0.164 e. The van der Waals surface area contributed by atoms with Gasteiger partial charge < -0.3 is 0 Å². The Morgan fingerprint density at radius 3 is 1.45 bits per heavy atom. The summed E-state index contributed by atoms with van der Waals surface area (Å²) in [7, 11) is 0. The average Bonchev–Trinajstić information content (AvgIpc) is 3.63. The molecule has 0 unspecified atom stereocenters. The average molecular weight is 626 g/mol. The molecule has 49 heavy (non-hydrogen) atoms. The molecule has 1 heterocycles. The number of rotatable bonds is 4. The maximum atomic E-state index is 5.70. The van der Waals surface area contributed by atoms with E-state index in [2.05, 4.69) is 177 Å². The first-order valence-corrected chi connectivity index (χ1v) is 16.9. The summed E-state index contributed by atoms with van der Waals surface area (Å²) in [6.07, 6.45) is 0. The van der Waals surface area contributed by atoms with Crippen LogP contribution in [0.15, 0.2) is 170 Å². The van der Waals surface area contributed by atoms with Gasteiger partial charge in [-0.15, -0.1) is 0 Å². The smallest absolute Gasteiger partial charge is 0.164 e. The van der Waals surface area contributed by atoms with Crippen molar-refractivity contribution in [1.29, 1.82) is 0 Å². The quantitative estimate of drug-likeness (QED) is 0.195. The monoisotopic (exact) mass is 625 g/mol. The lowest BCUT2D eigenvalue weighted by Gasteiger charge is -2.33. The third-order valence-corrected chi connectivity index (χ3v) is 10.8. The highest BCUT2D eigenvalue weighted by atomic mass is 15.1. The van der Waals surface area contributed by atoms with Crippen molar-refractivity contribution in [2.24, 2.45) is 0 Å². The molecule has 10 rings (SSSR count). The Hall–Kier alpha value is -6.19. The van der Waals surface area contributed by atoms with E-state index in [0.717, 1.165) is 33.5 Å². The third kappa shape index (κ3) is 3.76. The predicted molar refractivity (Wildman–Crippen MR) is 198 cm³/mol. The third-order valence-electron chi connectivity index (χ3n) is 10.8. The molecule has 3 heteroatoms. The fraction of sp³-hybridized carbons (Fsp3) is 0.0652. The second-order valence-corrected chi connectivity index (χ2v) is 13.3. The number of fused-ring (bicyclic) bond motifs is 7. The summed E-state index contributed by atoms with van der Waals surface area (Å²) >= 11 is 0. The lowest BCUT2D eigenvalue weighted by atomic mass is 9.71. The first-order chi connectivity index (χ1) is 24.2. The molecular weight excluding hydrogens is 595 g/mol. The van der Waals surface area contributed by atoms with E-state index in [9.17, 15) is 0 Å². The minimum Gasteiger partial charge on any atom is -0.215 e. The molecule has 230 valence electrons. The zero-order valence-corrected chi connectivity index (χ0v) is 27.0. The van der Waals surface area contributed by atoms with Gasteiger partial charge in [-0.25, -0.2) is 15.0 Å². The Kier molecular flexibility index (Phi) is 5.92. The second kappa shape index (κ2) is 10.4. The highest BCUT2D eigenvalue weighted by Gasteiger charge is 2.50. The zero-order valence-electron chi connectivity index (χ0n) is 27.0. The molecule has 1 aromatic heterocycles. The number of benzene rings is 7. The van der Waals surface area contributed by atoms with Gasteiger partial charge in [0.25, 0.3) is 0 Å². The molecule has 0 amide bonds. The van der Waals surface area contributed by atoms with Crippen molar-refractivity contribution < 1.29 is 0 Å². The molecule has 2 aliphatic carbocycles. The molecule has 0 bridgehead atoms. The summed E-state index contributed by atoms with van der Waals surface area (Å²) in [5.41, 5.74) is 10.4. The predicted octanol–water partition coefficient (Wildman–Crippen LogP) is 10.4. The van der Waals surface area contributed by atoms with Crippen LogP contribution in [0.25, 0.3) is 44.4 Å². The van der Waals surface area contributed by atoms with Crippen LogP contribution in [-0.4, -0.2) is 15.0 Å². The normalized spacial score (nSPS) is 14.6. The van der Waals surface area contributed by atoms with Crippen molar-refractivity contribution in [3.8, 4) is 33.6 Å². The largest absolute Gasteiger partial charge is 0.215 e. The first-order valence-electron chi connectivity index (χ1n) is 16.9. The highest BCUT2D eigenvalue weighted by Crippen LogP contribution is 2.56. The van der Waals surface area contributed by atoms with Gasteiger partial charge >= 0.3 is 0 Å². The van der Waals surface area contributed by atoms with Crippen LogP contribution in [0.2, 0.25) is 0 Å². The van der Waals surface area contributed by atoms with Gasteiger partial charge in [0.1, 0.15) is 11.2 Å². The number of aromatic nitrogens is 3. The zero-order chi connectivity index (χ0) is 32.6. The summed E-state index contributed by atoms with van der Waals surface area (Å²) in [5, 5.41) is 2.27. The van der Waals surface area contributed by atoms with Gasteiger partial charge in [0.2, 0.25) is 0 Å². The molecule has 0 saturated carbocycles. The van der Waals surface area contributed by atoms with E-state index >= 15 is 0 Å². The van der Waals surface area contributed by atoms with Gasteiger partial charge in [0.15, 0.2) is 11.6 Å². The van der Waals surface area contributed by atoms with E-state index in [-0.39, 0.29) is 0 Å². The molecular formula is C46H31N3. The van der Waals surface area contributed by atoms with Crippen LogP contribution in [0.4, 0.5) is 0 Å². The first kappa shape index (κ1) is 27.9. The van der Waals surface area contributed by atoms with Crippen molar-refractivity contribution in [1.82, 2.24) is 15.0 Å². The van der Waals surface area contributed by atoms with Gasteiger partial charge in [0.05, 0.1) is 5.41 Å². The van der Waals surface area contributed by atoms with Crippen molar-refractivity contribution in [3.05, 3.63) is 209 Å². The molecule has 8 aromatic rings. The lowest BCUT2D eigenvalue weighted by molar-refractivity contribution is 0.607. The van der Waals surface area contributed by atoms with E-state index in [4.69, 9.17) is 15.0 Å². The Labute approximate surface area is 285 Å². The minimum absolute atomic E-state index is 0.611. The fourth-order valence-corrected chi connectivity index (χ4v) is 8.61. The molecule has 0 N–H and O–H groups in total. The number of hydrogen-bond donors (Lipinski definition) is 0. The van der Waals surface area contributed by atoms with Crippen LogP contribution in [0, 0.1) is 0 Å². The summed E-state index contributed by atoms with van der Waals surface area (Å²) in [4.78, 5) is 16.8. The van der Waals surface area contributed by atoms with Crippen LogP contribution in [0.1, 0.15) is 46.4 Å². The Balaban J connectivity index is 1.37. The Morgan fingerprint density at radius 2 is 0.816 bits per heavy atom. The molecule has 0 atom stereocenters. The molecule has 0 fully saturated rings.